The Hall–Kier alpha value is 0.246. The quantitative estimate of drug-likeness (QED) is 0.395. The molecule has 0 N–H and O–H groups in total. The summed E-state index contributed by atoms with van der Waals surface area (Å²) in [6.45, 7) is 1.52. The van der Waals surface area contributed by atoms with E-state index in [9.17, 15) is 9.90 Å². The van der Waals surface area contributed by atoms with Gasteiger partial charge in [0.15, 0.2) is 5.82 Å². The molecule has 1 aromatic heterocycles. The number of carboxylic acid groups (broad SMARTS) is 1. The van der Waals surface area contributed by atoms with Gasteiger partial charge in [-0.2, -0.15) is 4.98 Å². The van der Waals surface area contributed by atoms with Crippen LogP contribution in [0.3, 0.4) is 0 Å². The molecular formula is C4H3KN2O3. The number of carbonyl (C=O) groups excluding carboxylic acids is 1. The van der Waals surface area contributed by atoms with Crippen molar-refractivity contribution in [3.05, 3.63) is 11.7 Å². The van der Waals surface area contributed by atoms with Gasteiger partial charge in [0, 0.05) is 0 Å². The number of nitrogens with zero attached hydrogens (tertiary/aromatic N) is 2. The normalized spacial score (nSPS) is 8.50. The summed E-state index contributed by atoms with van der Waals surface area (Å²) in [5, 5.41) is 13.1. The predicted molar refractivity (Wildman–Crippen MR) is 23.4 cm³/mol. The van der Waals surface area contributed by atoms with Crippen LogP contribution < -0.4 is 56.5 Å². The Kier molecular flexibility index (Phi) is 4.30. The zero-order chi connectivity index (χ0) is 6.85. The first kappa shape index (κ1) is 10.2. The minimum atomic E-state index is -1.45. The number of carbonyl (C=O) groups is 1. The summed E-state index contributed by atoms with van der Waals surface area (Å²) in [6.07, 6.45) is 0. The molecule has 0 amide bonds. The molecule has 0 spiro atoms. The average molecular weight is 166 g/mol. The fraction of sp³-hybridized carbons (Fsp3) is 0.250. The van der Waals surface area contributed by atoms with E-state index >= 15 is 0 Å². The van der Waals surface area contributed by atoms with E-state index in [1.807, 2.05) is 0 Å². The molecule has 0 saturated heterocycles. The van der Waals surface area contributed by atoms with E-state index in [0.717, 1.165) is 0 Å². The first-order valence-electron chi connectivity index (χ1n) is 2.22. The van der Waals surface area contributed by atoms with Crippen LogP contribution >= 0.6 is 0 Å². The molecule has 1 aromatic rings. The smallest absolute Gasteiger partial charge is 0.540 e. The zero-order valence-corrected chi connectivity index (χ0v) is 8.74. The predicted octanol–water partition coefficient (Wildman–Crippen LogP) is -4.25. The molecule has 0 aromatic carbocycles. The van der Waals surface area contributed by atoms with Crippen molar-refractivity contribution in [1.29, 1.82) is 0 Å². The Balaban J connectivity index is 0.000000810. The molecule has 0 aliphatic carbocycles. The van der Waals surface area contributed by atoms with Crippen LogP contribution in [0.1, 0.15) is 16.5 Å². The second kappa shape index (κ2) is 4.19. The van der Waals surface area contributed by atoms with Gasteiger partial charge in [0.1, 0.15) is 5.97 Å². The van der Waals surface area contributed by atoms with E-state index in [4.69, 9.17) is 0 Å². The molecule has 0 atom stereocenters. The van der Waals surface area contributed by atoms with Gasteiger partial charge in [0.25, 0.3) is 5.89 Å². The van der Waals surface area contributed by atoms with Crippen molar-refractivity contribution in [3.8, 4) is 0 Å². The molecule has 0 fully saturated rings. The summed E-state index contributed by atoms with van der Waals surface area (Å²) >= 11 is 0. The van der Waals surface area contributed by atoms with Crippen LogP contribution in [0, 0.1) is 6.92 Å². The monoisotopic (exact) mass is 166 g/mol. The largest absolute Gasteiger partial charge is 1.00 e. The molecule has 0 saturated carbocycles. The van der Waals surface area contributed by atoms with Gasteiger partial charge in [-0.25, -0.2) is 0 Å². The Morgan fingerprint density at radius 2 is 2.30 bits per heavy atom. The third-order valence-corrected chi connectivity index (χ3v) is 0.702. The van der Waals surface area contributed by atoms with Crippen LogP contribution in [-0.4, -0.2) is 16.1 Å². The Morgan fingerprint density at radius 1 is 1.70 bits per heavy atom. The summed E-state index contributed by atoms with van der Waals surface area (Å²) in [6, 6.07) is 0. The second-order valence-electron chi connectivity index (χ2n) is 1.43. The Labute approximate surface area is 99.2 Å². The van der Waals surface area contributed by atoms with Crippen molar-refractivity contribution in [3.63, 3.8) is 0 Å². The fourth-order valence-electron chi connectivity index (χ4n) is 0.380. The molecular weight excluding hydrogens is 163 g/mol. The summed E-state index contributed by atoms with van der Waals surface area (Å²) in [4.78, 5) is 13.3. The van der Waals surface area contributed by atoms with E-state index in [2.05, 4.69) is 14.7 Å². The molecule has 0 radical (unpaired) electrons. The molecule has 10 heavy (non-hydrogen) atoms. The first-order chi connectivity index (χ1) is 4.20. The molecule has 5 nitrogen and oxygen atoms in total. The van der Waals surface area contributed by atoms with Crippen LogP contribution in [-0.2, 0) is 0 Å². The maximum atomic E-state index is 9.91. The van der Waals surface area contributed by atoms with E-state index in [0.29, 0.717) is 0 Å². The van der Waals surface area contributed by atoms with E-state index in [-0.39, 0.29) is 57.2 Å². The average Bonchev–Trinajstić information content (AvgIpc) is 2.14. The number of hydrogen-bond donors (Lipinski definition) is 0. The van der Waals surface area contributed by atoms with Crippen molar-refractivity contribution in [2.45, 2.75) is 6.92 Å². The fourth-order valence-corrected chi connectivity index (χ4v) is 0.380. The molecule has 0 aliphatic heterocycles. The second-order valence-corrected chi connectivity index (χ2v) is 1.43. The molecule has 1 rings (SSSR count). The van der Waals surface area contributed by atoms with Gasteiger partial charge in [-0.15, -0.1) is 0 Å². The van der Waals surface area contributed by atoms with Gasteiger partial charge in [-0.1, -0.05) is 5.16 Å². The number of rotatable bonds is 1. The van der Waals surface area contributed by atoms with Gasteiger partial charge in [0.2, 0.25) is 0 Å². The topological polar surface area (TPSA) is 79.0 Å². The summed E-state index contributed by atoms with van der Waals surface area (Å²) < 4.78 is 4.20. The summed E-state index contributed by atoms with van der Waals surface area (Å²) in [7, 11) is 0. The van der Waals surface area contributed by atoms with Crippen LogP contribution in [0.4, 0.5) is 0 Å². The molecule has 6 heteroatoms. The molecule has 48 valence electrons. The Morgan fingerprint density at radius 3 is 2.50 bits per heavy atom. The van der Waals surface area contributed by atoms with E-state index < -0.39 is 11.9 Å². The van der Waals surface area contributed by atoms with Crippen LogP contribution in [0.15, 0.2) is 4.52 Å². The zero-order valence-electron chi connectivity index (χ0n) is 5.62. The van der Waals surface area contributed by atoms with Crippen LogP contribution in [0.25, 0.3) is 0 Å². The summed E-state index contributed by atoms with van der Waals surface area (Å²) in [5.74, 6) is -1.64. The van der Waals surface area contributed by atoms with Crippen molar-refractivity contribution >= 4 is 5.97 Å². The first-order valence-corrected chi connectivity index (χ1v) is 2.22. The standard InChI is InChI=1S/C4H4N2O3.K/c1-2-5-3(4(7)8)9-6-2;/h1H3,(H,7,8);/q;+1/p-1. The van der Waals surface area contributed by atoms with Crippen molar-refractivity contribution < 1.29 is 65.8 Å². The maximum absolute atomic E-state index is 9.91. The van der Waals surface area contributed by atoms with Crippen molar-refractivity contribution in [1.82, 2.24) is 10.1 Å². The van der Waals surface area contributed by atoms with Crippen molar-refractivity contribution in [2.24, 2.45) is 0 Å². The molecule has 0 unspecified atom stereocenters. The van der Waals surface area contributed by atoms with Crippen molar-refractivity contribution in [2.75, 3.05) is 0 Å². The molecule has 0 aliphatic rings. The summed E-state index contributed by atoms with van der Waals surface area (Å²) in [5.41, 5.74) is 0. The number of aryl methyl sites for hydroxylation is 1. The Bertz CT molecular complexity index is 234. The van der Waals surface area contributed by atoms with Gasteiger partial charge in [-0.3, -0.25) is 0 Å². The minimum Gasteiger partial charge on any atom is -0.540 e. The third-order valence-electron chi connectivity index (χ3n) is 0.702. The number of aromatic nitrogens is 2. The number of hydrogen-bond acceptors (Lipinski definition) is 5. The maximum Gasteiger partial charge on any atom is 1.00 e. The van der Waals surface area contributed by atoms with Gasteiger partial charge >= 0.3 is 51.4 Å². The molecule has 1 heterocycles. The van der Waals surface area contributed by atoms with E-state index in [1.165, 1.54) is 6.92 Å². The third kappa shape index (κ3) is 2.47. The van der Waals surface area contributed by atoms with E-state index in [1.54, 1.807) is 0 Å². The van der Waals surface area contributed by atoms with Crippen LogP contribution in [0.2, 0.25) is 0 Å². The number of aromatic carboxylic acids is 1. The van der Waals surface area contributed by atoms with Gasteiger partial charge < -0.3 is 14.4 Å². The van der Waals surface area contributed by atoms with Gasteiger partial charge in [-0.05, 0) is 6.92 Å². The minimum absolute atomic E-state index is 0. The van der Waals surface area contributed by atoms with Crippen LogP contribution in [0.5, 0.6) is 0 Å². The van der Waals surface area contributed by atoms with Gasteiger partial charge in [0.05, 0.1) is 0 Å². The number of carboxylic acids is 1. The SMILES string of the molecule is Cc1noc(C(=O)[O-])n1.[K+]. The molecule has 0 bridgehead atoms.